The molecule has 1 aliphatic rings. The van der Waals surface area contributed by atoms with Crippen molar-refractivity contribution in [1.29, 1.82) is 0 Å². The molecule has 0 amide bonds. The predicted molar refractivity (Wildman–Crippen MR) is 211 cm³/mol. The highest BCUT2D eigenvalue weighted by Gasteiger charge is 2.34. The Bertz CT molecular complexity index is 2620. The molecule has 0 saturated heterocycles. The summed E-state index contributed by atoms with van der Waals surface area (Å²) in [4.78, 5) is 15.6. The maximum atomic E-state index is 14.1. The topological polar surface area (TPSA) is 47.9 Å². The molecule has 5 heteroatoms. The molecule has 2 heterocycles. The van der Waals surface area contributed by atoms with Gasteiger partial charge in [0.15, 0.2) is 17.5 Å². The van der Waals surface area contributed by atoms with Gasteiger partial charge >= 0.3 is 0 Å². The Kier molecular flexibility index (Phi) is 7.97. The molecule has 9 rings (SSSR count). The van der Waals surface area contributed by atoms with Crippen LogP contribution in [0.1, 0.15) is 19.4 Å². The minimum Gasteiger partial charge on any atom is -0.482 e. The van der Waals surface area contributed by atoms with E-state index in [1.165, 1.54) is 12.1 Å². The van der Waals surface area contributed by atoms with E-state index in [1.807, 2.05) is 60.7 Å². The Balaban J connectivity index is 1.29. The van der Waals surface area contributed by atoms with E-state index in [9.17, 15) is 4.39 Å². The molecular formula is C48H34FN3O. The Labute approximate surface area is 308 Å². The van der Waals surface area contributed by atoms with Crippen LogP contribution >= 0.6 is 0 Å². The van der Waals surface area contributed by atoms with Crippen molar-refractivity contribution < 1.29 is 9.13 Å². The third kappa shape index (κ3) is 6.17. The van der Waals surface area contributed by atoms with Gasteiger partial charge in [0, 0.05) is 27.8 Å². The number of hydrogen-bond acceptors (Lipinski definition) is 4. The summed E-state index contributed by atoms with van der Waals surface area (Å²) in [5.41, 5.74) is 11.2. The van der Waals surface area contributed by atoms with Crippen LogP contribution in [0, 0.1) is 5.82 Å². The fraction of sp³-hybridized carbons (Fsp3) is 0.0625. The number of ether oxygens (including phenoxy) is 1. The fourth-order valence-electron chi connectivity index (χ4n) is 7.22. The molecule has 53 heavy (non-hydrogen) atoms. The molecular weight excluding hydrogens is 654 g/mol. The van der Waals surface area contributed by atoms with Crippen LogP contribution in [0.4, 0.5) is 4.39 Å². The van der Waals surface area contributed by atoms with Gasteiger partial charge in [0.2, 0.25) is 0 Å². The molecule has 1 aromatic heterocycles. The first-order valence-electron chi connectivity index (χ1n) is 17.7. The average molecular weight is 688 g/mol. The Morgan fingerprint density at radius 1 is 0.415 bits per heavy atom. The molecule has 8 aromatic rings. The van der Waals surface area contributed by atoms with Crippen molar-refractivity contribution in [3.8, 4) is 84.4 Å². The standard InChI is InChI=1S/C48H34FN3O/c1-48(2)42-21-10-9-19-40(42)44-41(20-12-22-43(44)53-48)47-51-45(35-18-11-17-34(27-35)31-13-5-3-6-14-31)50-46(52-47)38-29-36(32-15-7-4-8-16-32)28-37(30-38)33-23-25-39(49)26-24-33/h3-30H,1-2H3. The van der Waals surface area contributed by atoms with Gasteiger partial charge in [-0.3, -0.25) is 0 Å². The molecule has 254 valence electrons. The van der Waals surface area contributed by atoms with Gasteiger partial charge in [0.25, 0.3) is 0 Å². The zero-order valence-corrected chi connectivity index (χ0v) is 29.3. The molecule has 4 nitrogen and oxygen atoms in total. The Hall–Kier alpha value is -6.72. The van der Waals surface area contributed by atoms with E-state index in [1.54, 1.807) is 12.1 Å². The third-order valence-corrected chi connectivity index (χ3v) is 9.82. The van der Waals surface area contributed by atoms with Crippen LogP contribution in [-0.4, -0.2) is 15.0 Å². The molecule has 0 fully saturated rings. The van der Waals surface area contributed by atoms with Crippen LogP contribution in [0.25, 0.3) is 78.7 Å². The van der Waals surface area contributed by atoms with Crippen molar-refractivity contribution in [1.82, 2.24) is 15.0 Å². The number of nitrogens with zero attached hydrogens (tertiary/aromatic N) is 3. The van der Waals surface area contributed by atoms with E-state index in [0.29, 0.717) is 17.5 Å². The summed E-state index contributed by atoms with van der Waals surface area (Å²) in [6, 6.07) is 56.2. The predicted octanol–water partition coefficient (Wildman–Crippen LogP) is 12.3. The second-order valence-corrected chi connectivity index (χ2v) is 13.8. The van der Waals surface area contributed by atoms with E-state index in [4.69, 9.17) is 19.7 Å². The van der Waals surface area contributed by atoms with Gasteiger partial charge in [-0.05, 0) is 95.3 Å². The summed E-state index contributed by atoms with van der Waals surface area (Å²) >= 11 is 0. The normalized spacial score (nSPS) is 12.7. The van der Waals surface area contributed by atoms with Crippen LogP contribution in [0.15, 0.2) is 170 Å². The second-order valence-electron chi connectivity index (χ2n) is 13.8. The van der Waals surface area contributed by atoms with Crippen molar-refractivity contribution in [2.24, 2.45) is 0 Å². The SMILES string of the molecule is CC1(C)Oc2cccc(-c3nc(-c4cccc(-c5ccccc5)c4)nc(-c4cc(-c5ccccc5)cc(-c5ccc(F)cc5)c4)n3)c2-c2ccccc21. The average Bonchev–Trinajstić information content (AvgIpc) is 3.21. The number of benzene rings is 7. The van der Waals surface area contributed by atoms with Crippen molar-refractivity contribution >= 4 is 0 Å². The van der Waals surface area contributed by atoms with Crippen molar-refractivity contribution in [2.75, 3.05) is 0 Å². The van der Waals surface area contributed by atoms with Gasteiger partial charge in [-0.25, -0.2) is 19.3 Å². The lowest BCUT2D eigenvalue weighted by molar-refractivity contribution is 0.106. The number of fused-ring (bicyclic) bond motifs is 3. The third-order valence-electron chi connectivity index (χ3n) is 9.82. The lowest BCUT2D eigenvalue weighted by Gasteiger charge is -2.35. The second kappa shape index (κ2) is 13.1. The molecule has 0 saturated carbocycles. The highest BCUT2D eigenvalue weighted by atomic mass is 19.1. The van der Waals surface area contributed by atoms with E-state index in [0.717, 1.165) is 72.5 Å². The van der Waals surface area contributed by atoms with Gasteiger partial charge in [-0.2, -0.15) is 0 Å². The summed E-state index contributed by atoms with van der Waals surface area (Å²) < 4.78 is 20.7. The van der Waals surface area contributed by atoms with Gasteiger partial charge in [-0.1, -0.05) is 127 Å². The Morgan fingerprint density at radius 3 is 1.62 bits per heavy atom. The van der Waals surface area contributed by atoms with E-state index in [2.05, 4.69) is 98.8 Å². The summed E-state index contributed by atoms with van der Waals surface area (Å²) in [6.45, 7) is 4.19. The van der Waals surface area contributed by atoms with Crippen molar-refractivity contribution in [3.63, 3.8) is 0 Å². The van der Waals surface area contributed by atoms with E-state index >= 15 is 0 Å². The van der Waals surface area contributed by atoms with Gasteiger partial charge in [0.05, 0.1) is 0 Å². The summed E-state index contributed by atoms with van der Waals surface area (Å²) in [5, 5.41) is 0. The maximum absolute atomic E-state index is 14.1. The quantitative estimate of drug-likeness (QED) is 0.175. The fourth-order valence-corrected chi connectivity index (χ4v) is 7.22. The number of aromatic nitrogens is 3. The van der Waals surface area contributed by atoms with Crippen LogP contribution in [-0.2, 0) is 5.60 Å². The summed E-state index contributed by atoms with van der Waals surface area (Å²) in [7, 11) is 0. The van der Waals surface area contributed by atoms with Crippen molar-refractivity contribution in [2.45, 2.75) is 19.4 Å². The maximum Gasteiger partial charge on any atom is 0.164 e. The first-order chi connectivity index (χ1) is 25.9. The lowest BCUT2D eigenvalue weighted by Crippen LogP contribution is -2.29. The monoisotopic (exact) mass is 687 g/mol. The van der Waals surface area contributed by atoms with Crippen LogP contribution < -0.4 is 4.74 Å². The highest BCUT2D eigenvalue weighted by molar-refractivity contribution is 5.89. The number of halogens is 1. The highest BCUT2D eigenvalue weighted by Crippen LogP contribution is 2.49. The molecule has 0 aliphatic carbocycles. The summed E-state index contributed by atoms with van der Waals surface area (Å²) in [6.07, 6.45) is 0. The molecule has 0 bridgehead atoms. The molecule has 0 N–H and O–H groups in total. The molecule has 0 spiro atoms. The van der Waals surface area contributed by atoms with Gasteiger partial charge < -0.3 is 4.74 Å². The van der Waals surface area contributed by atoms with Crippen LogP contribution in [0.3, 0.4) is 0 Å². The Morgan fingerprint density at radius 2 is 0.906 bits per heavy atom. The molecule has 7 aromatic carbocycles. The largest absolute Gasteiger partial charge is 0.482 e. The minimum atomic E-state index is -0.510. The smallest absolute Gasteiger partial charge is 0.164 e. The van der Waals surface area contributed by atoms with Crippen LogP contribution in [0.5, 0.6) is 5.75 Å². The molecule has 0 unspecified atom stereocenters. The zero-order valence-electron chi connectivity index (χ0n) is 29.3. The summed E-state index contributed by atoms with van der Waals surface area (Å²) in [5.74, 6) is 2.13. The minimum absolute atomic E-state index is 0.280. The van der Waals surface area contributed by atoms with E-state index in [-0.39, 0.29) is 5.82 Å². The van der Waals surface area contributed by atoms with Gasteiger partial charge in [-0.15, -0.1) is 0 Å². The number of hydrogen-bond donors (Lipinski definition) is 0. The van der Waals surface area contributed by atoms with Crippen molar-refractivity contribution in [3.05, 3.63) is 181 Å². The molecule has 1 aliphatic heterocycles. The first-order valence-corrected chi connectivity index (χ1v) is 17.7. The number of rotatable bonds is 6. The van der Waals surface area contributed by atoms with E-state index < -0.39 is 5.60 Å². The van der Waals surface area contributed by atoms with Gasteiger partial charge in [0.1, 0.15) is 17.2 Å². The molecule has 0 atom stereocenters. The molecule has 0 radical (unpaired) electrons. The lowest BCUT2D eigenvalue weighted by atomic mass is 9.84. The first kappa shape index (κ1) is 32.2. The van der Waals surface area contributed by atoms with Crippen LogP contribution in [0.2, 0.25) is 0 Å². The zero-order chi connectivity index (χ0) is 35.9.